The number of nitrogens with two attached hydrogens (primary N) is 1. The molecule has 0 saturated heterocycles. The molecule has 1 saturated carbocycles. The quantitative estimate of drug-likeness (QED) is 0.851. The Morgan fingerprint density at radius 1 is 1.50 bits per heavy atom. The fourth-order valence-corrected chi connectivity index (χ4v) is 3.06. The second-order valence-electron chi connectivity index (χ2n) is 5.49. The maximum absolute atomic E-state index is 6.48. The van der Waals surface area contributed by atoms with E-state index in [1.54, 1.807) is 6.07 Å². The molecule has 1 aromatic heterocycles. The van der Waals surface area contributed by atoms with Crippen LogP contribution >= 0.6 is 11.6 Å². The van der Waals surface area contributed by atoms with Gasteiger partial charge in [0.05, 0.1) is 5.54 Å². The molecule has 0 amide bonds. The molecule has 18 heavy (non-hydrogen) atoms. The highest BCUT2D eigenvalue weighted by atomic mass is 35.5. The number of hydrogen-bond donors (Lipinski definition) is 1. The van der Waals surface area contributed by atoms with Crippen LogP contribution in [0.3, 0.4) is 0 Å². The van der Waals surface area contributed by atoms with Crippen LogP contribution in [0, 0.1) is 5.92 Å². The van der Waals surface area contributed by atoms with E-state index in [9.17, 15) is 0 Å². The summed E-state index contributed by atoms with van der Waals surface area (Å²) in [7, 11) is 0. The lowest BCUT2D eigenvalue weighted by Gasteiger charge is -2.33. The van der Waals surface area contributed by atoms with Crippen molar-refractivity contribution < 1.29 is 4.42 Å². The molecule has 1 aliphatic carbocycles. The topological polar surface area (TPSA) is 52.0 Å². The normalized spacial score (nSPS) is 28.7. The first-order valence-electron chi connectivity index (χ1n) is 6.42. The average molecular weight is 265 g/mol. The van der Waals surface area contributed by atoms with Crippen LogP contribution in [0.4, 0.5) is 0 Å². The Kier molecular flexibility index (Phi) is 2.83. The molecule has 2 atom stereocenters. The second-order valence-corrected chi connectivity index (χ2v) is 5.93. The predicted molar refractivity (Wildman–Crippen MR) is 72.5 cm³/mol. The molecule has 1 aliphatic rings. The Labute approximate surface area is 111 Å². The monoisotopic (exact) mass is 264 g/mol. The maximum Gasteiger partial charge on any atom is 0.215 e. The maximum atomic E-state index is 6.48. The van der Waals surface area contributed by atoms with Crippen LogP contribution in [-0.4, -0.2) is 4.98 Å². The van der Waals surface area contributed by atoms with Crippen LogP contribution < -0.4 is 5.73 Å². The number of halogens is 1. The van der Waals surface area contributed by atoms with Crippen molar-refractivity contribution in [2.45, 2.75) is 38.1 Å². The van der Waals surface area contributed by atoms with Gasteiger partial charge in [-0.3, -0.25) is 0 Å². The van der Waals surface area contributed by atoms with E-state index in [0.29, 0.717) is 16.8 Å². The van der Waals surface area contributed by atoms with Crippen molar-refractivity contribution in [3.8, 4) is 0 Å². The summed E-state index contributed by atoms with van der Waals surface area (Å²) < 4.78 is 5.82. The predicted octanol–water partition coefficient (Wildman–Crippen LogP) is 3.85. The van der Waals surface area contributed by atoms with Gasteiger partial charge in [0.1, 0.15) is 5.52 Å². The van der Waals surface area contributed by atoms with E-state index in [2.05, 4.69) is 11.9 Å². The standard InChI is InChI=1S/C14H17ClN2O/c1-9-3-2-6-14(16,8-9)13-17-11-5-4-10(15)7-12(11)18-13/h4-5,7,9H,2-3,6,8,16H2,1H3. The average Bonchev–Trinajstić information content (AvgIpc) is 2.72. The third-order valence-corrected chi connectivity index (χ3v) is 4.04. The van der Waals surface area contributed by atoms with Gasteiger partial charge in [0.2, 0.25) is 5.89 Å². The summed E-state index contributed by atoms with van der Waals surface area (Å²) in [5, 5.41) is 0.660. The lowest BCUT2D eigenvalue weighted by atomic mass is 9.77. The highest BCUT2D eigenvalue weighted by molar-refractivity contribution is 6.31. The third-order valence-electron chi connectivity index (χ3n) is 3.81. The third kappa shape index (κ3) is 2.02. The van der Waals surface area contributed by atoms with Crippen molar-refractivity contribution in [2.75, 3.05) is 0 Å². The van der Waals surface area contributed by atoms with E-state index in [1.807, 2.05) is 12.1 Å². The molecule has 1 fully saturated rings. The van der Waals surface area contributed by atoms with E-state index < -0.39 is 5.54 Å². The van der Waals surface area contributed by atoms with E-state index in [0.717, 1.165) is 30.4 Å². The molecule has 0 spiro atoms. The van der Waals surface area contributed by atoms with Gasteiger partial charge in [-0.05, 0) is 30.9 Å². The Bertz CT molecular complexity index is 580. The molecule has 4 heteroatoms. The largest absolute Gasteiger partial charge is 0.439 e. The molecule has 0 bridgehead atoms. The minimum absolute atomic E-state index is 0.414. The smallest absolute Gasteiger partial charge is 0.215 e. The number of oxazole rings is 1. The Morgan fingerprint density at radius 2 is 2.33 bits per heavy atom. The van der Waals surface area contributed by atoms with Crippen molar-refractivity contribution in [3.63, 3.8) is 0 Å². The van der Waals surface area contributed by atoms with Gasteiger partial charge in [0.15, 0.2) is 5.58 Å². The van der Waals surface area contributed by atoms with Crippen molar-refractivity contribution in [2.24, 2.45) is 11.7 Å². The zero-order chi connectivity index (χ0) is 12.8. The first-order valence-corrected chi connectivity index (χ1v) is 6.80. The van der Waals surface area contributed by atoms with Crippen molar-refractivity contribution in [1.82, 2.24) is 4.98 Å². The molecule has 2 aromatic rings. The zero-order valence-corrected chi connectivity index (χ0v) is 11.2. The van der Waals surface area contributed by atoms with Crippen LogP contribution in [0.5, 0.6) is 0 Å². The van der Waals surface area contributed by atoms with Crippen LogP contribution in [0.1, 0.15) is 38.5 Å². The number of fused-ring (bicyclic) bond motifs is 1. The number of nitrogens with zero attached hydrogens (tertiary/aromatic N) is 1. The zero-order valence-electron chi connectivity index (χ0n) is 10.4. The van der Waals surface area contributed by atoms with Gasteiger partial charge in [-0.1, -0.05) is 31.4 Å². The van der Waals surface area contributed by atoms with Crippen molar-refractivity contribution in [1.29, 1.82) is 0 Å². The fourth-order valence-electron chi connectivity index (χ4n) is 2.90. The number of rotatable bonds is 1. The summed E-state index contributed by atoms with van der Waals surface area (Å²) in [6.45, 7) is 2.24. The summed E-state index contributed by atoms with van der Waals surface area (Å²) in [6, 6.07) is 5.49. The van der Waals surface area contributed by atoms with Gasteiger partial charge in [-0.15, -0.1) is 0 Å². The van der Waals surface area contributed by atoms with Crippen molar-refractivity contribution >= 4 is 22.7 Å². The lowest BCUT2D eigenvalue weighted by molar-refractivity contribution is 0.201. The SMILES string of the molecule is CC1CCCC(N)(c2nc3ccc(Cl)cc3o2)C1. The highest BCUT2D eigenvalue weighted by Gasteiger charge is 2.37. The number of benzene rings is 1. The molecule has 2 unspecified atom stereocenters. The first-order chi connectivity index (χ1) is 8.57. The highest BCUT2D eigenvalue weighted by Crippen LogP contribution is 2.38. The van der Waals surface area contributed by atoms with E-state index >= 15 is 0 Å². The molecule has 3 nitrogen and oxygen atoms in total. The molecule has 1 aromatic carbocycles. The second kappa shape index (κ2) is 4.25. The van der Waals surface area contributed by atoms with Gasteiger partial charge < -0.3 is 10.2 Å². The molecular formula is C14H17ClN2O. The van der Waals surface area contributed by atoms with Crippen LogP contribution in [0.15, 0.2) is 22.6 Å². The number of hydrogen-bond acceptors (Lipinski definition) is 3. The van der Waals surface area contributed by atoms with Gasteiger partial charge in [-0.2, -0.15) is 0 Å². The van der Waals surface area contributed by atoms with Crippen LogP contribution in [0.2, 0.25) is 5.02 Å². The summed E-state index contributed by atoms with van der Waals surface area (Å²) in [5.41, 5.74) is 7.62. The van der Waals surface area contributed by atoms with Gasteiger partial charge in [-0.25, -0.2) is 4.98 Å². The minimum Gasteiger partial charge on any atom is -0.439 e. The molecule has 96 valence electrons. The van der Waals surface area contributed by atoms with Crippen LogP contribution in [-0.2, 0) is 5.54 Å². The summed E-state index contributed by atoms with van der Waals surface area (Å²) in [5.74, 6) is 1.29. The van der Waals surface area contributed by atoms with Gasteiger partial charge in [0.25, 0.3) is 0 Å². The lowest BCUT2D eigenvalue weighted by Crippen LogP contribution is -2.41. The van der Waals surface area contributed by atoms with Gasteiger partial charge >= 0.3 is 0 Å². The van der Waals surface area contributed by atoms with Crippen molar-refractivity contribution in [3.05, 3.63) is 29.1 Å². The Balaban J connectivity index is 2.03. The summed E-state index contributed by atoms with van der Waals surface area (Å²) in [4.78, 5) is 4.53. The van der Waals surface area contributed by atoms with Gasteiger partial charge in [0, 0.05) is 11.1 Å². The summed E-state index contributed by atoms with van der Waals surface area (Å²) >= 11 is 5.95. The van der Waals surface area contributed by atoms with E-state index in [4.69, 9.17) is 21.8 Å². The molecule has 3 rings (SSSR count). The molecule has 0 aliphatic heterocycles. The molecule has 1 heterocycles. The summed E-state index contributed by atoms with van der Waals surface area (Å²) in [6.07, 6.45) is 4.26. The minimum atomic E-state index is -0.414. The first kappa shape index (κ1) is 12.0. The van der Waals surface area contributed by atoms with Crippen LogP contribution in [0.25, 0.3) is 11.1 Å². The van der Waals surface area contributed by atoms with E-state index in [1.165, 1.54) is 6.42 Å². The Hall–Kier alpha value is -1.06. The molecular weight excluding hydrogens is 248 g/mol. The fraction of sp³-hybridized carbons (Fsp3) is 0.500. The molecule has 0 radical (unpaired) electrons. The Morgan fingerprint density at radius 3 is 3.11 bits per heavy atom. The molecule has 2 N–H and O–H groups in total. The van der Waals surface area contributed by atoms with E-state index in [-0.39, 0.29) is 0 Å². The number of aromatic nitrogens is 1.